The van der Waals surface area contributed by atoms with Crippen molar-refractivity contribution in [2.45, 2.75) is 19.8 Å². The Kier molecular flexibility index (Phi) is 4.08. The molecule has 0 fully saturated rings. The van der Waals surface area contributed by atoms with Gasteiger partial charge in [0.1, 0.15) is 17.3 Å². The molecule has 0 radical (unpaired) electrons. The number of nitrogens with zero attached hydrogens (tertiary/aromatic N) is 2. The van der Waals surface area contributed by atoms with E-state index >= 15 is 0 Å². The van der Waals surface area contributed by atoms with Gasteiger partial charge in [-0.2, -0.15) is 0 Å². The summed E-state index contributed by atoms with van der Waals surface area (Å²) in [6.45, 7) is 4.13. The van der Waals surface area contributed by atoms with Crippen LogP contribution in [-0.2, 0) is 0 Å². The van der Waals surface area contributed by atoms with E-state index in [-0.39, 0.29) is 5.92 Å². The highest BCUT2D eigenvalue weighted by molar-refractivity contribution is 5.62. The van der Waals surface area contributed by atoms with E-state index in [0.717, 1.165) is 11.3 Å². The predicted molar refractivity (Wildman–Crippen MR) is 79.1 cm³/mol. The van der Waals surface area contributed by atoms with Crippen LogP contribution in [0.4, 0.5) is 5.82 Å². The molecule has 20 heavy (non-hydrogen) atoms. The molecule has 106 valence electrons. The van der Waals surface area contributed by atoms with Gasteiger partial charge in [0.05, 0.1) is 14.2 Å². The van der Waals surface area contributed by atoms with Crippen LogP contribution in [0, 0.1) is 0 Å². The van der Waals surface area contributed by atoms with Crippen molar-refractivity contribution in [1.82, 2.24) is 9.97 Å². The topological polar surface area (TPSA) is 70.3 Å². The molecule has 2 rings (SSSR count). The molecule has 0 saturated heterocycles. The van der Waals surface area contributed by atoms with Crippen molar-refractivity contribution in [1.29, 1.82) is 0 Å². The number of benzene rings is 1. The van der Waals surface area contributed by atoms with Gasteiger partial charge in [-0.1, -0.05) is 13.8 Å². The molecule has 0 aliphatic rings. The lowest BCUT2D eigenvalue weighted by Crippen LogP contribution is -2.02. The van der Waals surface area contributed by atoms with Crippen LogP contribution < -0.4 is 15.2 Å². The van der Waals surface area contributed by atoms with E-state index in [1.54, 1.807) is 26.4 Å². The molecule has 1 aromatic carbocycles. The fourth-order valence-electron chi connectivity index (χ4n) is 1.85. The van der Waals surface area contributed by atoms with Crippen LogP contribution in [0.3, 0.4) is 0 Å². The third kappa shape index (κ3) is 2.99. The molecule has 0 bridgehead atoms. The minimum absolute atomic E-state index is 0.284. The summed E-state index contributed by atoms with van der Waals surface area (Å²) in [5.41, 5.74) is 7.59. The van der Waals surface area contributed by atoms with E-state index in [4.69, 9.17) is 15.2 Å². The molecule has 1 heterocycles. The largest absolute Gasteiger partial charge is 0.497 e. The van der Waals surface area contributed by atoms with Crippen molar-refractivity contribution in [3.05, 3.63) is 30.0 Å². The van der Waals surface area contributed by atoms with Crippen LogP contribution in [-0.4, -0.2) is 24.2 Å². The van der Waals surface area contributed by atoms with Gasteiger partial charge in [-0.15, -0.1) is 0 Å². The predicted octanol–water partition coefficient (Wildman–Crippen LogP) is 2.87. The molecule has 5 heteroatoms. The van der Waals surface area contributed by atoms with Crippen molar-refractivity contribution in [3.8, 4) is 22.9 Å². The van der Waals surface area contributed by atoms with Gasteiger partial charge < -0.3 is 15.2 Å². The maximum absolute atomic E-state index is 5.86. The lowest BCUT2D eigenvalue weighted by Gasteiger charge is -2.10. The Labute approximate surface area is 118 Å². The summed E-state index contributed by atoms with van der Waals surface area (Å²) in [6, 6.07) is 7.33. The zero-order chi connectivity index (χ0) is 14.7. The minimum atomic E-state index is 0.284. The average molecular weight is 273 g/mol. The smallest absolute Gasteiger partial charge is 0.162 e. The quantitative estimate of drug-likeness (QED) is 0.927. The fourth-order valence-corrected chi connectivity index (χ4v) is 1.85. The Balaban J connectivity index is 2.55. The summed E-state index contributed by atoms with van der Waals surface area (Å²) >= 11 is 0. The van der Waals surface area contributed by atoms with Crippen LogP contribution in [0.5, 0.6) is 11.5 Å². The Hall–Kier alpha value is -2.30. The number of hydrogen-bond acceptors (Lipinski definition) is 5. The molecule has 0 spiro atoms. The van der Waals surface area contributed by atoms with Crippen molar-refractivity contribution in [2.24, 2.45) is 0 Å². The SMILES string of the molecule is COc1cc(OC)cc(-c2nc(N)cc(C(C)C)n2)c1. The van der Waals surface area contributed by atoms with Crippen molar-refractivity contribution in [3.63, 3.8) is 0 Å². The molecule has 0 aliphatic carbocycles. The normalized spacial score (nSPS) is 10.7. The third-order valence-electron chi connectivity index (χ3n) is 2.97. The zero-order valence-electron chi connectivity index (χ0n) is 12.2. The highest BCUT2D eigenvalue weighted by Crippen LogP contribution is 2.29. The lowest BCUT2D eigenvalue weighted by molar-refractivity contribution is 0.394. The van der Waals surface area contributed by atoms with Crippen LogP contribution >= 0.6 is 0 Å². The van der Waals surface area contributed by atoms with Gasteiger partial charge in [0, 0.05) is 23.4 Å². The van der Waals surface area contributed by atoms with Crippen LogP contribution in [0.1, 0.15) is 25.5 Å². The maximum atomic E-state index is 5.86. The summed E-state index contributed by atoms with van der Waals surface area (Å²) in [5, 5.41) is 0. The van der Waals surface area contributed by atoms with Crippen LogP contribution in [0.15, 0.2) is 24.3 Å². The summed E-state index contributed by atoms with van der Waals surface area (Å²) < 4.78 is 10.5. The lowest BCUT2D eigenvalue weighted by atomic mass is 10.1. The minimum Gasteiger partial charge on any atom is -0.497 e. The summed E-state index contributed by atoms with van der Waals surface area (Å²) in [6.07, 6.45) is 0. The Morgan fingerprint density at radius 1 is 0.950 bits per heavy atom. The number of methoxy groups -OCH3 is 2. The molecule has 0 atom stereocenters. The van der Waals surface area contributed by atoms with E-state index in [9.17, 15) is 0 Å². The fraction of sp³-hybridized carbons (Fsp3) is 0.333. The molecule has 0 amide bonds. The van der Waals surface area contributed by atoms with Crippen molar-refractivity contribution < 1.29 is 9.47 Å². The van der Waals surface area contributed by atoms with Crippen LogP contribution in [0.25, 0.3) is 11.4 Å². The first-order chi connectivity index (χ1) is 9.53. The van der Waals surface area contributed by atoms with E-state index in [2.05, 4.69) is 23.8 Å². The first-order valence-corrected chi connectivity index (χ1v) is 6.41. The molecule has 2 N–H and O–H groups in total. The molecule has 1 aromatic heterocycles. The standard InChI is InChI=1S/C15H19N3O2/c1-9(2)13-8-14(16)18-15(17-13)10-5-11(19-3)7-12(6-10)20-4/h5-9H,1-4H3,(H2,16,17,18). The van der Waals surface area contributed by atoms with Gasteiger partial charge in [0.25, 0.3) is 0 Å². The Morgan fingerprint density at radius 2 is 1.55 bits per heavy atom. The molecule has 5 nitrogen and oxygen atoms in total. The number of anilines is 1. The number of aromatic nitrogens is 2. The Morgan fingerprint density at radius 3 is 2.05 bits per heavy atom. The van der Waals surface area contributed by atoms with Crippen LogP contribution in [0.2, 0.25) is 0 Å². The summed E-state index contributed by atoms with van der Waals surface area (Å²) in [5.74, 6) is 2.70. The van der Waals surface area contributed by atoms with Gasteiger partial charge in [-0.3, -0.25) is 0 Å². The monoisotopic (exact) mass is 273 g/mol. The summed E-state index contributed by atoms with van der Waals surface area (Å²) in [4.78, 5) is 8.84. The van der Waals surface area contributed by atoms with Crippen molar-refractivity contribution in [2.75, 3.05) is 20.0 Å². The second-order valence-corrected chi connectivity index (χ2v) is 4.80. The summed E-state index contributed by atoms with van der Waals surface area (Å²) in [7, 11) is 3.22. The molecule has 0 aliphatic heterocycles. The zero-order valence-corrected chi connectivity index (χ0v) is 12.2. The highest BCUT2D eigenvalue weighted by Gasteiger charge is 2.10. The molecule has 2 aromatic rings. The van der Waals surface area contributed by atoms with Gasteiger partial charge in [0.2, 0.25) is 0 Å². The van der Waals surface area contributed by atoms with E-state index in [0.29, 0.717) is 23.1 Å². The second kappa shape index (κ2) is 5.77. The molecule has 0 saturated carbocycles. The number of rotatable bonds is 4. The molecular weight excluding hydrogens is 254 g/mol. The van der Waals surface area contributed by atoms with Gasteiger partial charge in [-0.25, -0.2) is 9.97 Å². The first kappa shape index (κ1) is 14.1. The van der Waals surface area contributed by atoms with Gasteiger partial charge in [0.15, 0.2) is 5.82 Å². The van der Waals surface area contributed by atoms with E-state index in [1.165, 1.54) is 0 Å². The van der Waals surface area contributed by atoms with Gasteiger partial charge in [-0.05, 0) is 18.1 Å². The first-order valence-electron chi connectivity index (χ1n) is 6.41. The van der Waals surface area contributed by atoms with E-state index in [1.807, 2.05) is 12.1 Å². The molecular formula is C15H19N3O2. The third-order valence-corrected chi connectivity index (χ3v) is 2.97. The molecule has 0 unspecified atom stereocenters. The van der Waals surface area contributed by atoms with Gasteiger partial charge >= 0.3 is 0 Å². The number of hydrogen-bond donors (Lipinski definition) is 1. The van der Waals surface area contributed by atoms with Crippen molar-refractivity contribution >= 4 is 5.82 Å². The number of nitrogen functional groups attached to an aromatic ring is 1. The average Bonchev–Trinajstić information content (AvgIpc) is 2.45. The van der Waals surface area contributed by atoms with E-state index < -0.39 is 0 Å². The Bertz CT molecular complexity index is 590. The maximum Gasteiger partial charge on any atom is 0.162 e. The number of nitrogens with two attached hydrogens (primary N) is 1. The number of ether oxygens (including phenoxy) is 2. The second-order valence-electron chi connectivity index (χ2n) is 4.80. The highest BCUT2D eigenvalue weighted by atomic mass is 16.5.